The SMILES string of the molecule is CNc1ncc(-c2cc(N3CCOCC3)cc(S(=O)(=O)CC3=CCNc4ccccc43)c2)cn1. The Morgan fingerprint density at radius 2 is 1.82 bits per heavy atom. The molecule has 0 spiro atoms. The molecule has 9 heteroatoms. The molecular formula is C25H27N5O3S. The van der Waals surface area contributed by atoms with Crippen LogP contribution in [0.2, 0.25) is 0 Å². The molecule has 3 aromatic rings. The molecule has 1 aromatic heterocycles. The molecule has 1 saturated heterocycles. The normalized spacial score (nSPS) is 15.8. The quantitative estimate of drug-likeness (QED) is 0.558. The molecule has 2 aliphatic rings. The molecule has 0 amide bonds. The molecule has 0 bridgehead atoms. The number of fused-ring (bicyclic) bond motifs is 1. The van der Waals surface area contributed by atoms with Gasteiger partial charge in [0.15, 0.2) is 9.84 Å². The van der Waals surface area contributed by atoms with Gasteiger partial charge in [-0.15, -0.1) is 0 Å². The van der Waals surface area contributed by atoms with Crippen LogP contribution in [0.1, 0.15) is 5.56 Å². The van der Waals surface area contributed by atoms with Crippen molar-refractivity contribution in [3.05, 3.63) is 66.5 Å². The fourth-order valence-corrected chi connectivity index (χ4v) is 5.73. The molecule has 3 heterocycles. The van der Waals surface area contributed by atoms with E-state index in [1.165, 1.54) is 0 Å². The summed E-state index contributed by atoms with van der Waals surface area (Å²) in [5.74, 6) is 0.449. The van der Waals surface area contributed by atoms with E-state index in [9.17, 15) is 8.42 Å². The largest absolute Gasteiger partial charge is 0.381 e. The van der Waals surface area contributed by atoms with Crippen LogP contribution in [0.15, 0.2) is 65.8 Å². The summed E-state index contributed by atoms with van der Waals surface area (Å²) in [4.78, 5) is 11.1. The summed E-state index contributed by atoms with van der Waals surface area (Å²) in [6.45, 7) is 3.26. The van der Waals surface area contributed by atoms with Crippen LogP contribution in [-0.2, 0) is 14.6 Å². The molecule has 0 unspecified atom stereocenters. The Bertz CT molecular complexity index is 1320. The van der Waals surface area contributed by atoms with Crippen LogP contribution < -0.4 is 15.5 Å². The van der Waals surface area contributed by atoms with E-state index in [1.807, 2.05) is 36.4 Å². The molecule has 1 fully saturated rings. The molecule has 0 saturated carbocycles. The van der Waals surface area contributed by atoms with Crippen molar-refractivity contribution in [3.63, 3.8) is 0 Å². The van der Waals surface area contributed by atoms with Crippen molar-refractivity contribution < 1.29 is 13.2 Å². The van der Waals surface area contributed by atoms with Crippen LogP contribution in [0.5, 0.6) is 0 Å². The summed E-state index contributed by atoms with van der Waals surface area (Å²) in [6, 6.07) is 13.3. The smallest absolute Gasteiger partial charge is 0.222 e. The molecule has 5 rings (SSSR count). The van der Waals surface area contributed by atoms with Gasteiger partial charge >= 0.3 is 0 Å². The molecule has 2 N–H and O–H groups in total. The summed E-state index contributed by atoms with van der Waals surface area (Å²) in [5.41, 5.74) is 5.09. The molecular weight excluding hydrogens is 450 g/mol. The Hall–Kier alpha value is -3.43. The maximum absolute atomic E-state index is 13.7. The van der Waals surface area contributed by atoms with Gasteiger partial charge in [-0.2, -0.15) is 0 Å². The van der Waals surface area contributed by atoms with Crippen molar-refractivity contribution in [1.29, 1.82) is 0 Å². The second kappa shape index (κ2) is 9.44. The number of morpholine rings is 1. The highest BCUT2D eigenvalue weighted by Gasteiger charge is 2.24. The number of anilines is 3. The minimum atomic E-state index is -3.61. The van der Waals surface area contributed by atoms with Gasteiger partial charge in [-0.1, -0.05) is 24.3 Å². The zero-order valence-electron chi connectivity index (χ0n) is 19.0. The van der Waals surface area contributed by atoms with E-state index >= 15 is 0 Å². The second-order valence-electron chi connectivity index (χ2n) is 8.28. The third-order valence-electron chi connectivity index (χ3n) is 6.09. The summed E-state index contributed by atoms with van der Waals surface area (Å²) in [6.07, 6.45) is 5.37. The molecule has 8 nitrogen and oxygen atoms in total. The van der Waals surface area contributed by atoms with E-state index < -0.39 is 9.84 Å². The van der Waals surface area contributed by atoms with Crippen molar-refractivity contribution in [1.82, 2.24) is 9.97 Å². The molecule has 2 aromatic carbocycles. The number of nitrogens with one attached hydrogen (secondary N) is 2. The number of para-hydroxylation sites is 1. The Kier molecular flexibility index (Phi) is 6.21. The van der Waals surface area contributed by atoms with Crippen LogP contribution in [0, 0.1) is 0 Å². The van der Waals surface area contributed by atoms with Gasteiger partial charge < -0.3 is 20.3 Å². The van der Waals surface area contributed by atoms with E-state index in [-0.39, 0.29) is 5.75 Å². The predicted molar refractivity (Wildman–Crippen MR) is 135 cm³/mol. The third kappa shape index (κ3) is 4.62. The lowest BCUT2D eigenvalue weighted by atomic mass is 10.0. The molecule has 176 valence electrons. The van der Waals surface area contributed by atoms with Crippen LogP contribution in [0.4, 0.5) is 17.3 Å². The monoisotopic (exact) mass is 477 g/mol. The summed E-state index contributed by atoms with van der Waals surface area (Å²) in [7, 11) is -1.86. The first-order chi connectivity index (χ1) is 16.5. The Balaban J connectivity index is 1.54. The van der Waals surface area contributed by atoms with Gasteiger partial charge in [0.1, 0.15) is 0 Å². The molecule has 0 atom stereocenters. The number of rotatable bonds is 6. The number of ether oxygens (including phenoxy) is 1. The Labute approximate surface area is 199 Å². The first-order valence-corrected chi connectivity index (χ1v) is 12.9. The van der Waals surface area contributed by atoms with Gasteiger partial charge in [-0.3, -0.25) is 0 Å². The van der Waals surface area contributed by atoms with Gasteiger partial charge in [-0.25, -0.2) is 18.4 Å². The maximum atomic E-state index is 13.7. The van der Waals surface area contributed by atoms with Gasteiger partial charge in [-0.05, 0) is 35.4 Å². The minimum Gasteiger partial charge on any atom is -0.381 e. The zero-order valence-corrected chi connectivity index (χ0v) is 19.8. The first kappa shape index (κ1) is 22.4. The van der Waals surface area contributed by atoms with Gasteiger partial charge in [0.2, 0.25) is 5.95 Å². The topological polar surface area (TPSA) is 96.5 Å². The van der Waals surface area contributed by atoms with Crippen LogP contribution in [0.3, 0.4) is 0 Å². The summed E-state index contributed by atoms with van der Waals surface area (Å²) >= 11 is 0. The van der Waals surface area contributed by atoms with Crippen LogP contribution in [0.25, 0.3) is 16.7 Å². The zero-order chi connectivity index (χ0) is 23.5. The number of benzene rings is 2. The molecule has 34 heavy (non-hydrogen) atoms. The fraction of sp³-hybridized carbons (Fsp3) is 0.280. The third-order valence-corrected chi connectivity index (χ3v) is 7.74. The molecule has 0 radical (unpaired) electrons. The molecule has 2 aliphatic heterocycles. The summed E-state index contributed by atoms with van der Waals surface area (Å²) < 4.78 is 32.9. The number of hydrogen-bond acceptors (Lipinski definition) is 8. The lowest BCUT2D eigenvalue weighted by Crippen LogP contribution is -2.36. The van der Waals surface area contributed by atoms with Gasteiger partial charge in [0, 0.05) is 61.6 Å². The minimum absolute atomic E-state index is 0.0626. The highest BCUT2D eigenvalue weighted by atomic mass is 32.2. The van der Waals surface area contributed by atoms with Crippen molar-refractivity contribution in [2.75, 3.05) is 61.2 Å². The average Bonchev–Trinajstić information content (AvgIpc) is 2.89. The maximum Gasteiger partial charge on any atom is 0.222 e. The van der Waals surface area contributed by atoms with Crippen LogP contribution >= 0.6 is 0 Å². The number of aromatic nitrogens is 2. The van der Waals surface area contributed by atoms with Crippen molar-refractivity contribution >= 4 is 32.7 Å². The second-order valence-corrected chi connectivity index (χ2v) is 10.3. The highest BCUT2D eigenvalue weighted by Crippen LogP contribution is 2.33. The Morgan fingerprint density at radius 1 is 1.06 bits per heavy atom. The predicted octanol–water partition coefficient (Wildman–Crippen LogP) is 3.30. The van der Waals surface area contributed by atoms with Crippen LogP contribution in [-0.4, -0.2) is 64.0 Å². The van der Waals surface area contributed by atoms with Crippen molar-refractivity contribution in [3.8, 4) is 11.1 Å². The highest BCUT2D eigenvalue weighted by molar-refractivity contribution is 7.91. The van der Waals surface area contributed by atoms with E-state index in [1.54, 1.807) is 31.6 Å². The average molecular weight is 478 g/mol. The van der Waals surface area contributed by atoms with E-state index in [2.05, 4.69) is 25.5 Å². The number of hydrogen-bond donors (Lipinski definition) is 2. The summed E-state index contributed by atoms with van der Waals surface area (Å²) in [5, 5.41) is 6.21. The van der Waals surface area contributed by atoms with Crippen molar-refractivity contribution in [2.24, 2.45) is 0 Å². The van der Waals surface area contributed by atoms with Crippen molar-refractivity contribution in [2.45, 2.75) is 4.90 Å². The number of nitrogens with zero attached hydrogens (tertiary/aromatic N) is 3. The molecule has 0 aliphatic carbocycles. The first-order valence-electron chi connectivity index (χ1n) is 11.3. The standard InChI is InChI=1S/C25H27N5O3S/c1-26-25-28-15-20(16-29-25)19-12-21(30-8-10-33-11-9-30)14-22(13-19)34(31,32)17-18-6-7-27-24-5-3-2-4-23(18)24/h2-6,12-16,27H,7-11,17H2,1H3,(H,26,28,29). The number of sulfone groups is 1. The lowest BCUT2D eigenvalue weighted by molar-refractivity contribution is 0.122. The fourth-order valence-electron chi connectivity index (χ4n) is 4.28. The van der Waals surface area contributed by atoms with E-state index in [4.69, 9.17) is 4.74 Å². The lowest BCUT2D eigenvalue weighted by Gasteiger charge is -2.29. The Morgan fingerprint density at radius 3 is 2.59 bits per heavy atom. The van der Waals surface area contributed by atoms with Gasteiger partial charge in [0.25, 0.3) is 0 Å². The van der Waals surface area contributed by atoms with Gasteiger partial charge in [0.05, 0.1) is 23.9 Å². The van der Waals surface area contributed by atoms with E-state index in [0.717, 1.165) is 33.6 Å². The van der Waals surface area contributed by atoms with E-state index in [0.29, 0.717) is 43.7 Å².